The molecule has 2 atom stereocenters. The van der Waals surface area contributed by atoms with E-state index in [-0.39, 0.29) is 0 Å². The number of likely N-dealkylation sites (tertiary alicyclic amines) is 1. The average molecular weight is 142 g/mol. The van der Waals surface area contributed by atoms with Gasteiger partial charge in [-0.25, -0.2) is 0 Å². The molecule has 0 amide bonds. The number of nitrogens with zero attached hydrogens (tertiary/aromatic N) is 1. The molecule has 2 nitrogen and oxygen atoms in total. The fourth-order valence-corrected chi connectivity index (χ4v) is 1.81. The number of hydrogen-bond acceptors (Lipinski definition) is 2. The van der Waals surface area contributed by atoms with E-state index in [1.807, 2.05) is 0 Å². The SMILES string of the molecule is CC(CN)C1CCCN1C. The molecule has 0 saturated carbocycles. The molecule has 1 saturated heterocycles. The molecule has 0 radical (unpaired) electrons. The molecule has 1 fully saturated rings. The van der Waals surface area contributed by atoms with Gasteiger partial charge >= 0.3 is 0 Å². The van der Waals surface area contributed by atoms with Crippen LogP contribution in [0.15, 0.2) is 0 Å². The topological polar surface area (TPSA) is 29.3 Å². The van der Waals surface area contributed by atoms with Crippen molar-refractivity contribution < 1.29 is 0 Å². The zero-order chi connectivity index (χ0) is 7.56. The van der Waals surface area contributed by atoms with Crippen LogP contribution < -0.4 is 5.73 Å². The molecule has 1 aliphatic heterocycles. The zero-order valence-electron chi connectivity index (χ0n) is 7.01. The van der Waals surface area contributed by atoms with Crippen LogP contribution in [0.5, 0.6) is 0 Å². The molecular formula is C8H18N2. The molecule has 0 aromatic carbocycles. The van der Waals surface area contributed by atoms with Crippen molar-refractivity contribution in [2.24, 2.45) is 11.7 Å². The lowest BCUT2D eigenvalue weighted by Crippen LogP contribution is -2.34. The van der Waals surface area contributed by atoms with Gasteiger partial charge in [0.05, 0.1) is 0 Å². The summed E-state index contributed by atoms with van der Waals surface area (Å²) in [6, 6.07) is 0.755. The van der Waals surface area contributed by atoms with Gasteiger partial charge < -0.3 is 10.6 Å². The minimum absolute atomic E-state index is 0.674. The standard InChI is InChI=1S/C8H18N2/c1-7(6-9)8-4-3-5-10(8)2/h7-8H,3-6,9H2,1-2H3. The van der Waals surface area contributed by atoms with Crippen LogP contribution in [-0.4, -0.2) is 31.1 Å². The smallest absolute Gasteiger partial charge is 0.0130 e. The molecule has 1 rings (SSSR count). The highest BCUT2D eigenvalue weighted by atomic mass is 15.1. The normalized spacial score (nSPS) is 30.9. The Morgan fingerprint density at radius 1 is 1.70 bits per heavy atom. The maximum Gasteiger partial charge on any atom is 0.0130 e. The lowest BCUT2D eigenvalue weighted by molar-refractivity contribution is 0.242. The van der Waals surface area contributed by atoms with Crippen LogP contribution in [0, 0.1) is 5.92 Å². The maximum absolute atomic E-state index is 5.59. The summed E-state index contributed by atoms with van der Waals surface area (Å²) in [4.78, 5) is 2.43. The summed E-state index contributed by atoms with van der Waals surface area (Å²) >= 11 is 0. The Morgan fingerprint density at radius 2 is 2.40 bits per heavy atom. The summed E-state index contributed by atoms with van der Waals surface area (Å²) < 4.78 is 0. The second kappa shape index (κ2) is 3.35. The van der Waals surface area contributed by atoms with Gasteiger partial charge in [-0.3, -0.25) is 0 Å². The van der Waals surface area contributed by atoms with E-state index in [9.17, 15) is 0 Å². The van der Waals surface area contributed by atoms with Crippen LogP contribution in [0.1, 0.15) is 19.8 Å². The third kappa shape index (κ3) is 1.50. The summed E-state index contributed by atoms with van der Waals surface area (Å²) in [7, 11) is 2.20. The summed E-state index contributed by atoms with van der Waals surface area (Å²) in [5, 5.41) is 0. The van der Waals surface area contributed by atoms with Gasteiger partial charge in [0.2, 0.25) is 0 Å². The monoisotopic (exact) mass is 142 g/mol. The Bertz CT molecular complexity index is 103. The minimum atomic E-state index is 0.674. The van der Waals surface area contributed by atoms with Crippen LogP contribution in [0.3, 0.4) is 0 Å². The van der Waals surface area contributed by atoms with E-state index in [0.29, 0.717) is 5.92 Å². The molecule has 0 aromatic rings. The van der Waals surface area contributed by atoms with Crippen molar-refractivity contribution in [2.75, 3.05) is 20.1 Å². The third-order valence-electron chi connectivity index (χ3n) is 2.61. The zero-order valence-corrected chi connectivity index (χ0v) is 7.01. The molecule has 2 heteroatoms. The quantitative estimate of drug-likeness (QED) is 0.614. The van der Waals surface area contributed by atoms with Gasteiger partial charge in [0.1, 0.15) is 0 Å². The summed E-state index contributed by atoms with van der Waals surface area (Å²) in [5.41, 5.74) is 5.59. The first-order valence-corrected chi connectivity index (χ1v) is 4.16. The average Bonchev–Trinajstić information content (AvgIpc) is 2.34. The molecule has 60 valence electrons. The van der Waals surface area contributed by atoms with Crippen molar-refractivity contribution in [1.82, 2.24) is 4.90 Å². The molecule has 0 aliphatic carbocycles. The first-order chi connectivity index (χ1) is 4.75. The van der Waals surface area contributed by atoms with Crippen LogP contribution in [0.4, 0.5) is 0 Å². The Hall–Kier alpha value is -0.0800. The Kier molecular flexibility index (Phi) is 2.69. The van der Waals surface area contributed by atoms with Gasteiger partial charge in [0, 0.05) is 6.04 Å². The fourth-order valence-electron chi connectivity index (χ4n) is 1.81. The first-order valence-electron chi connectivity index (χ1n) is 4.16. The van der Waals surface area contributed by atoms with Crippen LogP contribution in [0.25, 0.3) is 0 Å². The van der Waals surface area contributed by atoms with Gasteiger partial charge in [-0.1, -0.05) is 6.92 Å². The molecule has 0 spiro atoms. The summed E-state index contributed by atoms with van der Waals surface area (Å²) in [6.07, 6.45) is 2.69. The van der Waals surface area contributed by atoms with E-state index < -0.39 is 0 Å². The minimum Gasteiger partial charge on any atom is -0.330 e. The van der Waals surface area contributed by atoms with Gasteiger partial charge in [-0.2, -0.15) is 0 Å². The first kappa shape index (κ1) is 8.02. The van der Waals surface area contributed by atoms with Crippen molar-refractivity contribution in [1.29, 1.82) is 0 Å². The van der Waals surface area contributed by atoms with Gasteiger partial charge in [-0.15, -0.1) is 0 Å². The third-order valence-corrected chi connectivity index (χ3v) is 2.61. The fraction of sp³-hybridized carbons (Fsp3) is 1.00. The molecule has 1 heterocycles. The van der Waals surface area contributed by atoms with Gasteiger partial charge in [-0.05, 0) is 38.9 Å². The Morgan fingerprint density at radius 3 is 2.80 bits per heavy atom. The molecule has 1 aliphatic rings. The molecule has 10 heavy (non-hydrogen) atoms. The summed E-state index contributed by atoms with van der Waals surface area (Å²) in [5.74, 6) is 0.674. The molecule has 0 bridgehead atoms. The van der Waals surface area contributed by atoms with Crippen molar-refractivity contribution in [3.63, 3.8) is 0 Å². The second-order valence-electron chi connectivity index (χ2n) is 3.40. The van der Waals surface area contributed by atoms with E-state index in [0.717, 1.165) is 12.6 Å². The number of nitrogens with two attached hydrogens (primary N) is 1. The van der Waals surface area contributed by atoms with E-state index >= 15 is 0 Å². The lowest BCUT2D eigenvalue weighted by Gasteiger charge is -2.24. The van der Waals surface area contributed by atoms with E-state index in [1.54, 1.807) is 0 Å². The van der Waals surface area contributed by atoms with Crippen LogP contribution in [-0.2, 0) is 0 Å². The maximum atomic E-state index is 5.59. The highest BCUT2D eigenvalue weighted by Gasteiger charge is 2.24. The highest BCUT2D eigenvalue weighted by molar-refractivity contribution is 4.80. The largest absolute Gasteiger partial charge is 0.330 e. The van der Waals surface area contributed by atoms with Crippen molar-refractivity contribution >= 4 is 0 Å². The molecule has 0 aromatic heterocycles. The molecular weight excluding hydrogens is 124 g/mol. The Labute approximate surface area is 63.4 Å². The predicted molar refractivity (Wildman–Crippen MR) is 43.9 cm³/mol. The van der Waals surface area contributed by atoms with Crippen molar-refractivity contribution in [3.05, 3.63) is 0 Å². The predicted octanol–water partition coefficient (Wildman–Crippen LogP) is 0.675. The summed E-state index contributed by atoms with van der Waals surface area (Å²) in [6.45, 7) is 4.33. The Balaban J connectivity index is 2.38. The molecule has 2 unspecified atom stereocenters. The van der Waals surface area contributed by atoms with E-state index in [4.69, 9.17) is 5.73 Å². The lowest BCUT2D eigenvalue weighted by atomic mass is 10.0. The number of hydrogen-bond donors (Lipinski definition) is 1. The van der Waals surface area contributed by atoms with E-state index in [1.165, 1.54) is 19.4 Å². The highest BCUT2D eigenvalue weighted by Crippen LogP contribution is 2.20. The van der Waals surface area contributed by atoms with Crippen LogP contribution >= 0.6 is 0 Å². The van der Waals surface area contributed by atoms with Crippen molar-refractivity contribution in [3.8, 4) is 0 Å². The number of rotatable bonds is 2. The second-order valence-corrected chi connectivity index (χ2v) is 3.40. The van der Waals surface area contributed by atoms with Crippen molar-refractivity contribution in [2.45, 2.75) is 25.8 Å². The van der Waals surface area contributed by atoms with Gasteiger partial charge in [0.15, 0.2) is 0 Å². The molecule has 2 N–H and O–H groups in total. The van der Waals surface area contributed by atoms with Crippen LogP contribution in [0.2, 0.25) is 0 Å². The van der Waals surface area contributed by atoms with Gasteiger partial charge in [0.25, 0.3) is 0 Å². The van der Waals surface area contributed by atoms with E-state index in [2.05, 4.69) is 18.9 Å².